The molecule has 0 bridgehead atoms. The molecular formula is C20H22N2O2S. The van der Waals surface area contributed by atoms with Gasteiger partial charge in [-0.3, -0.25) is 9.59 Å². The second kappa shape index (κ2) is 8.21. The first-order valence-corrected chi connectivity index (χ1v) is 9.60. The molecular weight excluding hydrogens is 332 g/mol. The first-order chi connectivity index (χ1) is 12.1. The number of nitrogens with one attached hydrogen (secondary N) is 2. The summed E-state index contributed by atoms with van der Waals surface area (Å²) in [6, 6.07) is 15.7. The summed E-state index contributed by atoms with van der Waals surface area (Å²) in [7, 11) is 0. The number of amides is 2. The molecule has 2 amide bonds. The summed E-state index contributed by atoms with van der Waals surface area (Å²) in [5.41, 5.74) is 3.79. The number of carbonyl (C=O) groups excluding carboxylic acids is 2. The predicted molar refractivity (Wildman–Crippen MR) is 103 cm³/mol. The molecule has 2 N–H and O–H groups in total. The number of carbonyl (C=O) groups is 2. The van der Waals surface area contributed by atoms with Crippen LogP contribution >= 0.6 is 11.8 Å². The SMILES string of the molecule is Cc1cccc(CSCC(=O)Nc2ccc(C(=O)NC3CC3)cc2)c1. The largest absolute Gasteiger partial charge is 0.349 e. The minimum atomic E-state index is -0.0471. The van der Waals surface area contributed by atoms with E-state index in [-0.39, 0.29) is 11.8 Å². The van der Waals surface area contributed by atoms with Crippen LogP contribution in [0.1, 0.15) is 34.3 Å². The highest BCUT2D eigenvalue weighted by molar-refractivity contribution is 7.99. The predicted octanol–water partition coefficient (Wildman–Crippen LogP) is 3.76. The summed E-state index contributed by atoms with van der Waals surface area (Å²) in [5, 5.41) is 5.82. The molecule has 0 aromatic heterocycles. The molecule has 2 aromatic rings. The Morgan fingerprint density at radius 2 is 1.88 bits per heavy atom. The van der Waals surface area contributed by atoms with Crippen molar-refractivity contribution in [3.8, 4) is 0 Å². The van der Waals surface area contributed by atoms with E-state index < -0.39 is 0 Å². The van der Waals surface area contributed by atoms with Gasteiger partial charge in [-0.1, -0.05) is 29.8 Å². The lowest BCUT2D eigenvalue weighted by molar-refractivity contribution is -0.113. The number of aryl methyl sites for hydroxylation is 1. The van der Waals surface area contributed by atoms with Crippen LogP contribution in [0.4, 0.5) is 5.69 Å². The fourth-order valence-corrected chi connectivity index (χ4v) is 3.24. The maximum atomic E-state index is 12.0. The summed E-state index contributed by atoms with van der Waals surface area (Å²) < 4.78 is 0. The fraction of sp³-hybridized carbons (Fsp3) is 0.300. The molecule has 2 aromatic carbocycles. The molecule has 3 rings (SSSR count). The first kappa shape index (κ1) is 17.5. The maximum Gasteiger partial charge on any atom is 0.251 e. The van der Waals surface area contributed by atoms with Gasteiger partial charge in [-0.2, -0.15) is 0 Å². The van der Waals surface area contributed by atoms with Crippen molar-refractivity contribution in [2.75, 3.05) is 11.1 Å². The van der Waals surface area contributed by atoms with Crippen LogP contribution in [0.5, 0.6) is 0 Å². The molecule has 0 saturated heterocycles. The van der Waals surface area contributed by atoms with E-state index >= 15 is 0 Å². The molecule has 4 nitrogen and oxygen atoms in total. The second-order valence-electron chi connectivity index (χ2n) is 6.36. The van der Waals surface area contributed by atoms with Gasteiger partial charge in [0, 0.05) is 23.0 Å². The van der Waals surface area contributed by atoms with Crippen molar-refractivity contribution < 1.29 is 9.59 Å². The van der Waals surface area contributed by atoms with E-state index in [9.17, 15) is 9.59 Å². The molecule has 1 aliphatic carbocycles. The van der Waals surface area contributed by atoms with Crippen molar-refractivity contribution >= 4 is 29.3 Å². The zero-order chi connectivity index (χ0) is 17.6. The van der Waals surface area contributed by atoms with Gasteiger partial charge >= 0.3 is 0 Å². The first-order valence-electron chi connectivity index (χ1n) is 8.44. The molecule has 0 aliphatic heterocycles. The number of benzene rings is 2. The normalized spacial score (nSPS) is 13.3. The number of anilines is 1. The third kappa shape index (κ3) is 5.64. The fourth-order valence-electron chi connectivity index (χ4n) is 2.46. The minimum absolute atomic E-state index is 0.0344. The Labute approximate surface area is 152 Å². The van der Waals surface area contributed by atoms with E-state index in [4.69, 9.17) is 0 Å². The monoisotopic (exact) mass is 354 g/mol. The van der Waals surface area contributed by atoms with E-state index in [0.717, 1.165) is 18.6 Å². The van der Waals surface area contributed by atoms with Crippen LogP contribution in [-0.4, -0.2) is 23.6 Å². The highest BCUT2D eigenvalue weighted by atomic mass is 32.2. The van der Waals surface area contributed by atoms with Crippen molar-refractivity contribution in [2.24, 2.45) is 0 Å². The maximum absolute atomic E-state index is 12.0. The van der Waals surface area contributed by atoms with Gasteiger partial charge in [0.15, 0.2) is 0 Å². The number of thioether (sulfide) groups is 1. The minimum Gasteiger partial charge on any atom is -0.349 e. The average Bonchev–Trinajstić information content (AvgIpc) is 3.39. The zero-order valence-electron chi connectivity index (χ0n) is 14.2. The Morgan fingerprint density at radius 3 is 2.56 bits per heavy atom. The standard InChI is InChI=1S/C20H22N2O2S/c1-14-3-2-4-15(11-14)12-25-13-19(23)21-17-7-5-16(6-8-17)20(24)22-18-9-10-18/h2-8,11,18H,9-10,12-13H2,1H3,(H,21,23)(H,22,24). The third-order valence-corrected chi connectivity index (χ3v) is 4.93. The molecule has 1 saturated carbocycles. The lowest BCUT2D eigenvalue weighted by atomic mass is 10.2. The molecule has 0 atom stereocenters. The van der Waals surface area contributed by atoms with Crippen LogP contribution in [0.2, 0.25) is 0 Å². The Morgan fingerprint density at radius 1 is 1.12 bits per heavy atom. The molecule has 25 heavy (non-hydrogen) atoms. The summed E-state index contributed by atoms with van der Waals surface area (Å²) in [6.45, 7) is 2.06. The Kier molecular flexibility index (Phi) is 5.76. The summed E-state index contributed by atoms with van der Waals surface area (Å²) >= 11 is 1.59. The highest BCUT2D eigenvalue weighted by Crippen LogP contribution is 2.20. The van der Waals surface area contributed by atoms with Gasteiger partial charge in [0.2, 0.25) is 5.91 Å². The van der Waals surface area contributed by atoms with Gasteiger partial charge in [0.1, 0.15) is 0 Å². The average molecular weight is 354 g/mol. The lowest BCUT2D eigenvalue weighted by Gasteiger charge is -2.07. The Bertz CT molecular complexity index is 755. The highest BCUT2D eigenvalue weighted by Gasteiger charge is 2.23. The van der Waals surface area contributed by atoms with Crippen molar-refractivity contribution in [3.63, 3.8) is 0 Å². The smallest absolute Gasteiger partial charge is 0.251 e. The van der Waals surface area contributed by atoms with Crippen molar-refractivity contribution in [3.05, 3.63) is 65.2 Å². The van der Waals surface area contributed by atoms with Crippen LogP contribution in [-0.2, 0) is 10.5 Å². The summed E-state index contributed by atoms with van der Waals surface area (Å²) in [6.07, 6.45) is 2.14. The van der Waals surface area contributed by atoms with E-state index in [1.807, 2.05) is 6.07 Å². The van der Waals surface area contributed by atoms with Crippen LogP contribution < -0.4 is 10.6 Å². The van der Waals surface area contributed by atoms with Crippen molar-refractivity contribution in [2.45, 2.75) is 31.6 Å². The van der Waals surface area contributed by atoms with Crippen molar-refractivity contribution in [1.29, 1.82) is 0 Å². The molecule has 0 unspecified atom stereocenters. The van der Waals surface area contributed by atoms with E-state index in [1.165, 1.54) is 11.1 Å². The molecule has 1 aliphatic rings. The topological polar surface area (TPSA) is 58.2 Å². The third-order valence-electron chi connectivity index (χ3n) is 3.93. The zero-order valence-corrected chi connectivity index (χ0v) is 15.1. The van der Waals surface area contributed by atoms with E-state index in [0.29, 0.717) is 23.0 Å². The van der Waals surface area contributed by atoms with Crippen LogP contribution in [0, 0.1) is 6.92 Å². The molecule has 130 valence electrons. The number of rotatable bonds is 7. The van der Waals surface area contributed by atoms with Gasteiger partial charge in [-0.25, -0.2) is 0 Å². The van der Waals surface area contributed by atoms with Gasteiger partial charge in [0.05, 0.1) is 5.75 Å². The van der Waals surface area contributed by atoms with Gasteiger partial charge < -0.3 is 10.6 Å². The van der Waals surface area contributed by atoms with Crippen molar-refractivity contribution in [1.82, 2.24) is 5.32 Å². The lowest BCUT2D eigenvalue weighted by Crippen LogP contribution is -2.25. The molecule has 0 heterocycles. The summed E-state index contributed by atoms with van der Waals surface area (Å²) in [4.78, 5) is 24.0. The van der Waals surface area contributed by atoms with Gasteiger partial charge in [-0.15, -0.1) is 11.8 Å². The van der Waals surface area contributed by atoms with E-state index in [2.05, 4.69) is 35.8 Å². The van der Waals surface area contributed by atoms with Crippen LogP contribution in [0.25, 0.3) is 0 Å². The van der Waals surface area contributed by atoms with E-state index in [1.54, 1.807) is 36.0 Å². The molecule has 1 fully saturated rings. The summed E-state index contributed by atoms with van der Waals surface area (Å²) in [5.74, 6) is 1.13. The van der Waals surface area contributed by atoms with Gasteiger partial charge in [0.25, 0.3) is 5.91 Å². The molecule has 0 spiro atoms. The van der Waals surface area contributed by atoms with Gasteiger partial charge in [-0.05, 0) is 49.6 Å². The molecule has 5 heteroatoms. The second-order valence-corrected chi connectivity index (χ2v) is 7.34. The molecule has 0 radical (unpaired) electrons. The Balaban J connectivity index is 1.43. The quantitative estimate of drug-likeness (QED) is 0.796. The van der Waals surface area contributed by atoms with Crippen LogP contribution in [0.3, 0.4) is 0 Å². The Hall–Kier alpha value is -2.27. The number of hydrogen-bond donors (Lipinski definition) is 2. The number of hydrogen-bond acceptors (Lipinski definition) is 3. The van der Waals surface area contributed by atoms with Crippen LogP contribution in [0.15, 0.2) is 48.5 Å².